The van der Waals surface area contributed by atoms with Crippen LogP contribution in [0.25, 0.3) is 0 Å². The van der Waals surface area contributed by atoms with Crippen LogP contribution in [0.2, 0.25) is 0 Å². The van der Waals surface area contributed by atoms with Gasteiger partial charge < -0.3 is 10.2 Å². The quantitative estimate of drug-likeness (QED) is 0.636. The summed E-state index contributed by atoms with van der Waals surface area (Å²) in [5.41, 5.74) is 0. The van der Waals surface area contributed by atoms with E-state index < -0.39 is 12.1 Å². The van der Waals surface area contributed by atoms with Gasteiger partial charge in [-0.3, -0.25) is 0 Å². The fraction of sp³-hybridized carbons (Fsp3) is 0.875. The lowest BCUT2D eigenvalue weighted by Gasteiger charge is -2.06. The topological polar surface area (TPSA) is 57.5 Å². The van der Waals surface area contributed by atoms with Crippen LogP contribution in [0.15, 0.2) is 0 Å². The van der Waals surface area contributed by atoms with Gasteiger partial charge in [-0.2, -0.15) is 0 Å². The zero-order valence-electron chi connectivity index (χ0n) is 7.08. The third kappa shape index (κ3) is 5.85. The molecule has 0 aromatic heterocycles. The first kappa shape index (κ1) is 10.4. The molecule has 0 bridgehead atoms. The summed E-state index contributed by atoms with van der Waals surface area (Å²) < 4.78 is 0. The molecular formula is C8H16O3. The van der Waals surface area contributed by atoms with Gasteiger partial charge in [-0.05, 0) is 12.3 Å². The van der Waals surface area contributed by atoms with Crippen LogP contribution in [0.5, 0.6) is 0 Å². The van der Waals surface area contributed by atoms with E-state index in [4.69, 9.17) is 10.2 Å². The van der Waals surface area contributed by atoms with E-state index in [2.05, 4.69) is 13.8 Å². The summed E-state index contributed by atoms with van der Waals surface area (Å²) in [6, 6.07) is 0. The fourth-order valence-electron chi connectivity index (χ4n) is 0.843. The number of rotatable bonds is 5. The maximum absolute atomic E-state index is 10.1. The maximum atomic E-state index is 10.1. The first-order valence-electron chi connectivity index (χ1n) is 3.95. The predicted octanol–water partition coefficient (Wildman–Crippen LogP) is 1.26. The summed E-state index contributed by atoms with van der Waals surface area (Å²) in [5.74, 6) is -0.537. The maximum Gasteiger partial charge on any atom is 0.332 e. The number of carboxylic acid groups (broad SMARTS) is 1. The van der Waals surface area contributed by atoms with Crippen molar-refractivity contribution in [2.24, 2.45) is 5.92 Å². The van der Waals surface area contributed by atoms with Crippen LogP contribution in [-0.2, 0) is 4.79 Å². The smallest absolute Gasteiger partial charge is 0.332 e. The molecule has 0 aliphatic heterocycles. The third-order valence-corrected chi connectivity index (χ3v) is 1.54. The van der Waals surface area contributed by atoms with Gasteiger partial charge in [0.15, 0.2) is 6.10 Å². The van der Waals surface area contributed by atoms with E-state index in [1.807, 2.05) is 0 Å². The van der Waals surface area contributed by atoms with Crippen molar-refractivity contribution in [1.82, 2.24) is 0 Å². The zero-order valence-corrected chi connectivity index (χ0v) is 7.08. The Labute approximate surface area is 67.0 Å². The van der Waals surface area contributed by atoms with Gasteiger partial charge in [0.25, 0.3) is 0 Å². The second-order valence-electron chi connectivity index (χ2n) is 3.18. The normalized spacial score (nSPS) is 13.5. The molecule has 0 fully saturated rings. The highest BCUT2D eigenvalue weighted by atomic mass is 16.4. The number of hydrogen-bond acceptors (Lipinski definition) is 2. The molecule has 2 N–H and O–H groups in total. The number of carboxylic acids is 1. The summed E-state index contributed by atoms with van der Waals surface area (Å²) in [6.07, 6.45) is 0.956. The molecule has 0 rings (SSSR count). The second kappa shape index (κ2) is 5.13. The van der Waals surface area contributed by atoms with Gasteiger partial charge in [-0.1, -0.05) is 26.7 Å². The molecule has 0 amide bonds. The summed E-state index contributed by atoms with van der Waals surface area (Å²) in [5, 5.41) is 17.1. The number of aliphatic hydroxyl groups is 1. The largest absolute Gasteiger partial charge is 0.479 e. The van der Waals surface area contributed by atoms with Gasteiger partial charge in [0.1, 0.15) is 0 Å². The van der Waals surface area contributed by atoms with Crippen molar-refractivity contribution in [3.63, 3.8) is 0 Å². The van der Waals surface area contributed by atoms with Crippen LogP contribution < -0.4 is 0 Å². The minimum Gasteiger partial charge on any atom is -0.479 e. The van der Waals surface area contributed by atoms with E-state index in [1.165, 1.54) is 0 Å². The highest BCUT2D eigenvalue weighted by molar-refractivity contribution is 5.71. The average Bonchev–Trinajstić information content (AvgIpc) is 1.86. The summed E-state index contributed by atoms with van der Waals surface area (Å²) in [4.78, 5) is 10.1. The average molecular weight is 160 g/mol. The number of aliphatic hydroxyl groups excluding tert-OH is 1. The molecule has 0 aromatic carbocycles. The molecule has 0 radical (unpaired) electrons. The fourth-order valence-corrected chi connectivity index (χ4v) is 0.843. The van der Waals surface area contributed by atoms with Crippen molar-refractivity contribution in [3.8, 4) is 0 Å². The first-order chi connectivity index (χ1) is 5.04. The molecular weight excluding hydrogens is 144 g/mol. The van der Waals surface area contributed by atoms with Crippen LogP contribution in [-0.4, -0.2) is 22.3 Å². The Morgan fingerprint density at radius 2 is 1.91 bits per heavy atom. The lowest BCUT2D eigenvalue weighted by atomic mass is 10.0. The molecule has 66 valence electrons. The molecule has 3 heteroatoms. The van der Waals surface area contributed by atoms with Crippen LogP contribution in [0, 0.1) is 5.92 Å². The van der Waals surface area contributed by atoms with Crippen LogP contribution in [0.4, 0.5) is 0 Å². The molecule has 0 unspecified atom stereocenters. The third-order valence-electron chi connectivity index (χ3n) is 1.54. The predicted molar refractivity (Wildman–Crippen MR) is 42.3 cm³/mol. The van der Waals surface area contributed by atoms with Gasteiger partial charge in [0.05, 0.1) is 0 Å². The first-order valence-corrected chi connectivity index (χ1v) is 3.95. The van der Waals surface area contributed by atoms with Crippen molar-refractivity contribution in [1.29, 1.82) is 0 Å². The summed E-state index contributed by atoms with van der Waals surface area (Å²) in [6.45, 7) is 4.15. The highest BCUT2D eigenvalue weighted by Gasteiger charge is 2.11. The Morgan fingerprint density at radius 1 is 1.36 bits per heavy atom. The van der Waals surface area contributed by atoms with Crippen LogP contribution in [0.1, 0.15) is 33.1 Å². The number of hydrogen-bond donors (Lipinski definition) is 2. The van der Waals surface area contributed by atoms with Crippen molar-refractivity contribution < 1.29 is 15.0 Å². The summed E-state index contributed by atoms with van der Waals surface area (Å²) in [7, 11) is 0. The molecule has 0 heterocycles. The van der Waals surface area contributed by atoms with Gasteiger partial charge >= 0.3 is 5.97 Å². The highest BCUT2D eigenvalue weighted by Crippen LogP contribution is 2.08. The van der Waals surface area contributed by atoms with E-state index in [9.17, 15) is 4.79 Å². The van der Waals surface area contributed by atoms with Crippen LogP contribution in [0.3, 0.4) is 0 Å². The Hall–Kier alpha value is -0.570. The van der Waals surface area contributed by atoms with Crippen molar-refractivity contribution in [2.75, 3.05) is 0 Å². The van der Waals surface area contributed by atoms with E-state index in [-0.39, 0.29) is 0 Å². The lowest BCUT2D eigenvalue weighted by Crippen LogP contribution is -2.19. The molecule has 11 heavy (non-hydrogen) atoms. The molecule has 0 aliphatic rings. The zero-order chi connectivity index (χ0) is 8.85. The Kier molecular flexibility index (Phi) is 4.86. The SMILES string of the molecule is CC(C)CCC[C@H](O)C(=O)O. The van der Waals surface area contributed by atoms with Gasteiger partial charge in [0.2, 0.25) is 0 Å². The lowest BCUT2D eigenvalue weighted by molar-refractivity contribution is -0.147. The Morgan fingerprint density at radius 3 is 2.27 bits per heavy atom. The Bertz CT molecular complexity index is 121. The molecule has 0 spiro atoms. The van der Waals surface area contributed by atoms with E-state index in [0.29, 0.717) is 12.3 Å². The van der Waals surface area contributed by atoms with Gasteiger partial charge in [0, 0.05) is 0 Å². The van der Waals surface area contributed by atoms with E-state index in [1.54, 1.807) is 0 Å². The van der Waals surface area contributed by atoms with Gasteiger partial charge in [-0.15, -0.1) is 0 Å². The second-order valence-corrected chi connectivity index (χ2v) is 3.18. The molecule has 3 nitrogen and oxygen atoms in total. The Balaban J connectivity index is 3.31. The van der Waals surface area contributed by atoms with Crippen molar-refractivity contribution in [3.05, 3.63) is 0 Å². The molecule has 0 saturated carbocycles. The van der Waals surface area contributed by atoms with Crippen molar-refractivity contribution >= 4 is 5.97 Å². The molecule has 1 atom stereocenters. The van der Waals surface area contributed by atoms with E-state index in [0.717, 1.165) is 12.8 Å². The standard InChI is InChI=1S/C8H16O3/c1-6(2)4-3-5-7(9)8(10)11/h6-7,9H,3-5H2,1-2H3,(H,10,11)/t7-/m0/s1. The minimum absolute atomic E-state index is 0.369. The summed E-state index contributed by atoms with van der Waals surface area (Å²) >= 11 is 0. The monoisotopic (exact) mass is 160 g/mol. The number of carbonyl (C=O) groups is 1. The number of aliphatic carboxylic acids is 1. The van der Waals surface area contributed by atoms with Gasteiger partial charge in [-0.25, -0.2) is 4.79 Å². The molecule has 0 aliphatic carbocycles. The molecule has 0 aromatic rings. The molecule has 0 saturated heterocycles. The van der Waals surface area contributed by atoms with Crippen molar-refractivity contribution in [2.45, 2.75) is 39.2 Å². The van der Waals surface area contributed by atoms with E-state index >= 15 is 0 Å². The minimum atomic E-state index is -1.17. The van der Waals surface area contributed by atoms with Crippen LogP contribution >= 0.6 is 0 Å².